The fraction of sp³-hybridized carbons (Fsp3) is 0.571. The third kappa shape index (κ3) is 2.41. The molecule has 104 valence electrons. The standard InChI is InChI=1S/C14H20ClN3O/c1-13(2)9(14(13,3)4)7-17-12(19)8-5-10(15)18-11(16)6-8/h5-6,9H,7H2,1-4H3,(H2,16,18)(H,17,19). The molecule has 0 aliphatic heterocycles. The predicted molar refractivity (Wildman–Crippen MR) is 77.0 cm³/mol. The molecular weight excluding hydrogens is 262 g/mol. The zero-order valence-electron chi connectivity index (χ0n) is 11.7. The van der Waals surface area contributed by atoms with Gasteiger partial charge in [-0.15, -0.1) is 0 Å². The van der Waals surface area contributed by atoms with E-state index in [9.17, 15) is 4.79 Å². The lowest BCUT2D eigenvalue weighted by atomic mass is 10.0. The van der Waals surface area contributed by atoms with Crippen LogP contribution in [0.15, 0.2) is 12.1 Å². The van der Waals surface area contributed by atoms with Gasteiger partial charge in [0, 0.05) is 12.1 Å². The molecule has 1 fully saturated rings. The number of amides is 1. The van der Waals surface area contributed by atoms with E-state index < -0.39 is 0 Å². The Hall–Kier alpha value is -1.29. The van der Waals surface area contributed by atoms with Crippen LogP contribution in [0.1, 0.15) is 38.1 Å². The molecule has 0 spiro atoms. The Kier molecular flexibility index (Phi) is 3.25. The van der Waals surface area contributed by atoms with Crippen molar-refractivity contribution >= 4 is 23.3 Å². The highest BCUT2D eigenvalue weighted by molar-refractivity contribution is 6.29. The summed E-state index contributed by atoms with van der Waals surface area (Å²) in [5, 5.41) is 3.18. The van der Waals surface area contributed by atoms with Gasteiger partial charge in [-0.3, -0.25) is 4.79 Å². The number of halogens is 1. The summed E-state index contributed by atoms with van der Waals surface area (Å²) in [6.07, 6.45) is 0. The summed E-state index contributed by atoms with van der Waals surface area (Å²) in [4.78, 5) is 15.9. The first-order valence-corrected chi connectivity index (χ1v) is 6.75. The van der Waals surface area contributed by atoms with Gasteiger partial charge in [0.25, 0.3) is 5.91 Å². The molecule has 0 saturated heterocycles. The molecule has 0 atom stereocenters. The number of nitrogens with two attached hydrogens (primary N) is 1. The fourth-order valence-corrected chi connectivity index (χ4v) is 3.00. The highest BCUT2D eigenvalue weighted by Crippen LogP contribution is 2.67. The molecule has 4 nitrogen and oxygen atoms in total. The van der Waals surface area contributed by atoms with Crippen LogP contribution in [-0.2, 0) is 0 Å². The minimum atomic E-state index is -0.158. The number of hydrogen-bond acceptors (Lipinski definition) is 3. The van der Waals surface area contributed by atoms with Crippen molar-refractivity contribution in [3.05, 3.63) is 22.8 Å². The third-order valence-corrected chi connectivity index (χ3v) is 5.06. The van der Waals surface area contributed by atoms with Crippen LogP contribution >= 0.6 is 11.6 Å². The first-order valence-electron chi connectivity index (χ1n) is 6.37. The summed E-state index contributed by atoms with van der Waals surface area (Å²) in [7, 11) is 0. The number of hydrogen-bond donors (Lipinski definition) is 2. The second-order valence-corrected chi connectivity index (χ2v) is 6.70. The van der Waals surface area contributed by atoms with Crippen molar-refractivity contribution in [2.45, 2.75) is 27.7 Å². The maximum Gasteiger partial charge on any atom is 0.251 e. The van der Waals surface area contributed by atoms with Gasteiger partial charge < -0.3 is 11.1 Å². The van der Waals surface area contributed by atoms with Crippen molar-refractivity contribution in [3.8, 4) is 0 Å². The molecule has 1 aromatic heterocycles. The summed E-state index contributed by atoms with van der Waals surface area (Å²) in [6, 6.07) is 3.06. The molecule has 1 aliphatic carbocycles. The Bertz CT molecular complexity index is 491. The molecule has 1 aliphatic rings. The van der Waals surface area contributed by atoms with Crippen LogP contribution < -0.4 is 11.1 Å². The number of aromatic nitrogens is 1. The number of rotatable bonds is 3. The van der Waals surface area contributed by atoms with Gasteiger partial charge in [-0.25, -0.2) is 4.98 Å². The lowest BCUT2D eigenvalue weighted by molar-refractivity contribution is 0.0950. The highest BCUT2D eigenvalue weighted by Gasteiger charge is 2.64. The molecule has 0 radical (unpaired) electrons. The molecule has 0 aromatic carbocycles. The number of nitrogens with zero attached hydrogens (tertiary/aromatic N) is 1. The predicted octanol–water partition coefficient (Wildman–Crippen LogP) is 2.73. The summed E-state index contributed by atoms with van der Waals surface area (Å²) in [5.41, 5.74) is 6.55. The van der Waals surface area contributed by atoms with Crippen LogP contribution in [0.4, 0.5) is 5.82 Å². The van der Waals surface area contributed by atoms with E-state index in [2.05, 4.69) is 38.0 Å². The topological polar surface area (TPSA) is 68.0 Å². The maximum absolute atomic E-state index is 12.1. The van der Waals surface area contributed by atoms with Gasteiger partial charge in [0.2, 0.25) is 0 Å². The monoisotopic (exact) mass is 281 g/mol. The first-order chi connectivity index (χ1) is 8.66. The number of carbonyl (C=O) groups excluding carboxylic acids is 1. The SMILES string of the molecule is CC1(C)C(CNC(=O)c2cc(N)nc(Cl)c2)C1(C)C. The van der Waals surface area contributed by atoms with Crippen molar-refractivity contribution in [2.75, 3.05) is 12.3 Å². The number of nitrogen functional groups attached to an aromatic ring is 1. The highest BCUT2D eigenvalue weighted by atomic mass is 35.5. The van der Waals surface area contributed by atoms with Crippen LogP contribution in [0.5, 0.6) is 0 Å². The Balaban J connectivity index is 2.00. The minimum Gasteiger partial charge on any atom is -0.384 e. The molecule has 2 rings (SSSR count). The Morgan fingerprint density at radius 1 is 1.37 bits per heavy atom. The Labute approximate surface area is 118 Å². The van der Waals surface area contributed by atoms with Crippen molar-refractivity contribution < 1.29 is 4.79 Å². The van der Waals surface area contributed by atoms with Gasteiger partial charge in [0.15, 0.2) is 0 Å². The average Bonchev–Trinajstić information content (AvgIpc) is 2.65. The lowest BCUT2D eigenvalue weighted by Gasteiger charge is -2.07. The zero-order valence-corrected chi connectivity index (χ0v) is 12.5. The van der Waals surface area contributed by atoms with Gasteiger partial charge in [-0.2, -0.15) is 0 Å². The normalized spacial score (nSPS) is 20.1. The lowest BCUT2D eigenvalue weighted by Crippen LogP contribution is -2.27. The second-order valence-electron chi connectivity index (χ2n) is 6.31. The molecule has 3 N–H and O–H groups in total. The molecule has 1 saturated carbocycles. The van der Waals surface area contributed by atoms with Crippen molar-refractivity contribution in [1.29, 1.82) is 0 Å². The zero-order chi connectivity index (χ0) is 14.4. The Morgan fingerprint density at radius 3 is 2.42 bits per heavy atom. The molecule has 19 heavy (non-hydrogen) atoms. The summed E-state index contributed by atoms with van der Waals surface area (Å²) >= 11 is 5.79. The second kappa shape index (κ2) is 4.37. The molecule has 0 bridgehead atoms. The summed E-state index contributed by atoms with van der Waals surface area (Å²) < 4.78 is 0. The van der Waals surface area contributed by atoms with E-state index >= 15 is 0 Å². The average molecular weight is 282 g/mol. The smallest absolute Gasteiger partial charge is 0.251 e. The van der Waals surface area contributed by atoms with Gasteiger partial charge >= 0.3 is 0 Å². The fourth-order valence-electron chi connectivity index (χ4n) is 2.79. The molecular formula is C14H20ClN3O. The summed E-state index contributed by atoms with van der Waals surface area (Å²) in [5.74, 6) is 0.581. The quantitative estimate of drug-likeness (QED) is 0.837. The van der Waals surface area contributed by atoms with Crippen LogP contribution in [0.25, 0.3) is 0 Å². The van der Waals surface area contributed by atoms with E-state index in [0.29, 0.717) is 18.0 Å². The van der Waals surface area contributed by atoms with Crippen molar-refractivity contribution in [2.24, 2.45) is 16.7 Å². The van der Waals surface area contributed by atoms with E-state index in [1.807, 2.05) is 0 Å². The molecule has 5 heteroatoms. The van der Waals surface area contributed by atoms with Gasteiger partial charge in [0.05, 0.1) is 0 Å². The minimum absolute atomic E-state index is 0.158. The van der Waals surface area contributed by atoms with Crippen LogP contribution in [0, 0.1) is 16.7 Å². The molecule has 0 unspecified atom stereocenters. The van der Waals surface area contributed by atoms with Crippen LogP contribution in [0.3, 0.4) is 0 Å². The van der Waals surface area contributed by atoms with E-state index in [4.69, 9.17) is 17.3 Å². The molecule has 1 amide bonds. The van der Waals surface area contributed by atoms with E-state index in [0.717, 1.165) is 0 Å². The summed E-state index contributed by atoms with van der Waals surface area (Å²) in [6.45, 7) is 9.57. The maximum atomic E-state index is 12.1. The van der Waals surface area contributed by atoms with E-state index in [1.165, 1.54) is 12.1 Å². The first kappa shape index (κ1) is 14.1. The van der Waals surface area contributed by atoms with E-state index in [1.54, 1.807) is 0 Å². The van der Waals surface area contributed by atoms with Crippen LogP contribution in [0.2, 0.25) is 5.15 Å². The number of anilines is 1. The van der Waals surface area contributed by atoms with Crippen LogP contribution in [-0.4, -0.2) is 17.4 Å². The number of carbonyl (C=O) groups is 1. The molecule has 1 aromatic rings. The van der Waals surface area contributed by atoms with E-state index in [-0.39, 0.29) is 27.7 Å². The largest absolute Gasteiger partial charge is 0.384 e. The van der Waals surface area contributed by atoms with Crippen molar-refractivity contribution in [3.63, 3.8) is 0 Å². The molecule has 1 heterocycles. The van der Waals surface area contributed by atoms with Gasteiger partial charge in [-0.05, 0) is 28.9 Å². The van der Waals surface area contributed by atoms with Gasteiger partial charge in [0.1, 0.15) is 11.0 Å². The Morgan fingerprint density at radius 2 is 1.95 bits per heavy atom. The third-order valence-electron chi connectivity index (χ3n) is 4.86. The van der Waals surface area contributed by atoms with Crippen molar-refractivity contribution in [1.82, 2.24) is 10.3 Å². The number of pyridine rings is 1. The van der Waals surface area contributed by atoms with Gasteiger partial charge in [-0.1, -0.05) is 39.3 Å². The number of nitrogens with one attached hydrogen (secondary N) is 1.